The van der Waals surface area contributed by atoms with Crippen molar-refractivity contribution in [3.63, 3.8) is 0 Å². The van der Waals surface area contributed by atoms with Crippen molar-refractivity contribution in [3.8, 4) is 0 Å². The van der Waals surface area contributed by atoms with Crippen LogP contribution in [0.25, 0.3) is 0 Å². The van der Waals surface area contributed by atoms with Crippen LogP contribution < -0.4 is 0 Å². The van der Waals surface area contributed by atoms with Gasteiger partial charge in [-0.25, -0.2) is 0 Å². The summed E-state index contributed by atoms with van der Waals surface area (Å²) in [6.45, 7) is 0. The first-order valence-corrected chi connectivity index (χ1v) is 16.8. The molecular weight excluding hydrogens is 907 g/mol. The van der Waals surface area contributed by atoms with E-state index in [4.69, 9.17) is 0 Å². The zero-order valence-electron chi connectivity index (χ0n) is 16.2. The summed E-state index contributed by atoms with van der Waals surface area (Å²) in [6, 6.07) is 0. The molecule has 2 nitrogen and oxygen atoms in total. The van der Waals surface area contributed by atoms with Gasteiger partial charge in [0.2, 0.25) is 0 Å². The lowest BCUT2D eigenvalue weighted by Gasteiger charge is -2.24. The molecule has 162 valence electrons. The molecule has 0 amide bonds. The fourth-order valence-electron chi connectivity index (χ4n) is 3.03. The fraction of sp³-hybridized carbons (Fsp3) is 0.950. The average Bonchev–Trinajstić information content (AvgIpc) is 2.66. The average molecular weight is 942 g/mol. The van der Waals surface area contributed by atoms with Gasteiger partial charge in [-0.3, -0.25) is 4.79 Å². The normalized spacial score (nSPS) is 16.0. The first-order chi connectivity index (χ1) is 12.9. The molecular formula is C20H35I5O2. The van der Waals surface area contributed by atoms with E-state index in [1.165, 1.54) is 94.3 Å². The summed E-state index contributed by atoms with van der Waals surface area (Å²) in [6.07, 6.45) is 19.4. The maximum atomic E-state index is 11.1. The number of rotatable bonds is 19. The van der Waals surface area contributed by atoms with Crippen molar-refractivity contribution >= 4 is 119 Å². The van der Waals surface area contributed by atoms with Crippen molar-refractivity contribution < 1.29 is 9.90 Å². The predicted octanol–water partition coefficient (Wildman–Crippen LogP) is 9.18. The Bertz CT molecular complexity index is 357. The Morgan fingerprint density at radius 1 is 0.630 bits per heavy atom. The zero-order chi connectivity index (χ0) is 20.5. The van der Waals surface area contributed by atoms with Gasteiger partial charge in [-0.05, 0) is 17.3 Å². The van der Waals surface area contributed by atoms with E-state index in [2.05, 4.69) is 113 Å². The predicted molar refractivity (Wildman–Crippen MR) is 162 cm³/mol. The molecule has 0 aromatic rings. The van der Waals surface area contributed by atoms with E-state index < -0.39 is 5.97 Å². The minimum atomic E-state index is -0.684. The lowest BCUT2D eigenvalue weighted by Crippen LogP contribution is -2.35. The molecule has 0 aliphatic carbocycles. The second-order valence-electron chi connectivity index (χ2n) is 7.22. The van der Waals surface area contributed by atoms with E-state index in [-0.39, 0.29) is 7.85 Å². The maximum Gasteiger partial charge on any atom is 0.317 e. The summed E-state index contributed by atoms with van der Waals surface area (Å²) in [5, 5.41) is 9.17. The van der Waals surface area contributed by atoms with E-state index in [0.717, 1.165) is 0 Å². The first-order valence-electron chi connectivity index (χ1n) is 10.3. The molecule has 0 rings (SSSR count). The lowest BCUT2D eigenvalue weighted by atomic mass is 10.0. The van der Waals surface area contributed by atoms with Crippen molar-refractivity contribution in [2.24, 2.45) is 0 Å². The van der Waals surface area contributed by atoms with Gasteiger partial charge in [0.25, 0.3) is 0 Å². The first kappa shape index (κ1) is 30.1. The van der Waals surface area contributed by atoms with Gasteiger partial charge in [-0.1, -0.05) is 190 Å². The molecule has 7 heteroatoms. The Labute approximate surface area is 235 Å². The molecule has 1 N–H and O–H groups in total. The molecule has 0 aliphatic rings. The Balaban J connectivity index is 3.47. The largest absolute Gasteiger partial charge is 0.480 e. The van der Waals surface area contributed by atoms with Crippen LogP contribution in [0, 0.1) is 0 Å². The Morgan fingerprint density at radius 2 is 1.00 bits per heavy atom. The minimum absolute atomic E-state index is 0.189. The molecule has 27 heavy (non-hydrogen) atoms. The molecule has 4 atom stereocenters. The van der Waals surface area contributed by atoms with Crippen molar-refractivity contribution in [1.82, 2.24) is 0 Å². The summed E-state index contributed by atoms with van der Waals surface area (Å²) in [4.78, 5) is 11.1. The third-order valence-electron chi connectivity index (χ3n) is 4.78. The zero-order valence-corrected chi connectivity index (χ0v) is 26.9. The van der Waals surface area contributed by atoms with Crippen LogP contribution in [0.5, 0.6) is 0 Å². The number of hydrogen-bond acceptors (Lipinski definition) is 1. The molecule has 4 unspecified atom stereocenters. The van der Waals surface area contributed by atoms with Crippen LogP contribution in [0.3, 0.4) is 0 Å². The van der Waals surface area contributed by atoms with Crippen LogP contribution in [-0.2, 0) is 4.79 Å². The highest BCUT2D eigenvalue weighted by Gasteiger charge is 2.32. The molecule has 0 saturated heterocycles. The number of aliphatic carboxylic acids is 1. The second kappa shape index (κ2) is 21.0. The fourth-order valence-corrected chi connectivity index (χ4v) is 8.08. The Hall–Kier alpha value is 3.12. The molecule has 0 heterocycles. The number of halogens is 5. The number of hydrogen-bond donors (Lipinski definition) is 1. The van der Waals surface area contributed by atoms with E-state index in [1.807, 2.05) is 0 Å². The third-order valence-corrected chi connectivity index (χ3v) is 15.5. The lowest BCUT2D eigenvalue weighted by molar-refractivity contribution is -0.135. The van der Waals surface area contributed by atoms with Gasteiger partial charge in [0, 0.05) is 11.8 Å². The molecule has 0 aliphatic heterocycles. The monoisotopic (exact) mass is 942 g/mol. The molecule has 0 aromatic carbocycles. The standard InChI is InChI=1S/C20H35I5O2/c21-15-13-11-9-7-5-3-1-2-4-6-8-10-12-14-16(22)17(23)18(24)19(25)20(26)27/h16-19H,1-15H2,(H,26,27). The number of carboxylic acid groups (broad SMARTS) is 1. The molecule has 0 saturated carbocycles. The number of unbranched alkanes of at least 4 members (excludes halogenated alkanes) is 12. The SMILES string of the molecule is O=C(O)C(I)C(I)C(I)C(I)CCCCCCCCCCCCCCCI. The maximum absolute atomic E-state index is 11.1. The van der Waals surface area contributed by atoms with Crippen LogP contribution in [0.1, 0.15) is 89.9 Å². The van der Waals surface area contributed by atoms with Gasteiger partial charge in [0.1, 0.15) is 3.92 Å². The quantitative estimate of drug-likeness (QED) is 0.0798. The summed E-state index contributed by atoms with van der Waals surface area (Å²) >= 11 is 11.9. The number of carbonyl (C=O) groups is 1. The summed E-state index contributed by atoms with van der Waals surface area (Å²) < 4.78 is 2.20. The Morgan fingerprint density at radius 3 is 1.37 bits per heavy atom. The van der Waals surface area contributed by atoms with Gasteiger partial charge in [-0.15, -0.1) is 0 Å². The van der Waals surface area contributed by atoms with Gasteiger partial charge >= 0.3 is 5.97 Å². The number of carboxylic acids is 1. The molecule has 0 fully saturated rings. The summed E-state index contributed by atoms with van der Waals surface area (Å²) in [5.41, 5.74) is 0. The van der Waals surface area contributed by atoms with Crippen molar-refractivity contribution in [2.75, 3.05) is 4.43 Å². The van der Waals surface area contributed by atoms with Crippen LogP contribution >= 0.6 is 113 Å². The van der Waals surface area contributed by atoms with Crippen molar-refractivity contribution in [3.05, 3.63) is 0 Å². The third kappa shape index (κ3) is 17.4. The van der Waals surface area contributed by atoms with Crippen LogP contribution in [0.4, 0.5) is 0 Å². The minimum Gasteiger partial charge on any atom is -0.480 e. The highest BCUT2D eigenvalue weighted by molar-refractivity contribution is 14.1. The van der Waals surface area contributed by atoms with Crippen LogP contribution in [-0.4, -0.2) is 31.2 Å². The topological polar surface area (TPSA) is 37.3 Å². The van der Waals surface area contributed by atoms with Crippen LogP contribution in [0.15, 0.2) is 0 Å². The van der Waals surface area contributed by atoms with E-state index in [1.54, 1.807) is 0 Å². The second-order valence-corrected chi connectivity index (χ2v) is 14.1. The van der Waals surface area contributed by atoms with E-state index >= 15 is 0 Å². The smallest absolute Gasteiger partial charge is 0.317 e. The van der Waals surface area contributed by atoms with E-state index in [9.17, 15) is 9.90 Å². The summed E-state index contributed by atoms with van der Waals surface area (Å²) in [7, 11) is 0. The van der Waals surface area contributed by atoms with Gasteiger partial charge < -0.3 is 5.11 Å². The highest BCUT2D eigenvalue weighted by atomic mass is 127. The van der Waals surface area contributed by atoms with Gasteiger partial charge in [-0.2, -0.15) is 0 Å². The van der Waals surface area contributed by atoms with Gasteiger partial charge in [0.05, 0.1) is 0 Å². The van der Waals surface area contributed by atoms with Crippen molar-refractivity contribution in [1.29, 1.82) is 0 Å². The Kier molecular flexibility index (Phi) is 23.4. The van der Waals surface area contributed by atoms with Crippen molar-refractivity contribution in [2.45, 2.75) is 106 Å². The van der Waals surface area contributed by atoms with E-state index in [0.29, 0.717) is 7.85 Å². The van der Waals surface area contributed by atoms with Crippen LogP contribution in [0.2, 0.25) is 0 Å². The molecule has 0 radical (unpaired) electrons. The van der Waals surface area contributed by atoms with Gasteiger partial charge in [0.15, 0.2) is 0 Å². The number of alkyl halides is 5. The molecule has 0 aromatic heterocycles. The highest BCUT2D eigenvalue weighted by Crippen LogP contribution is 2.32. The molecule has 0 spiro atoms. The summed E-state index contributed by atoms with van der Waals surface area (Å²) in [5.74, 6) is -0.684. The molecule has 0 bridgehead atoms.